The summed E-state index contributed by atoms with van der Waals surface area (Å²) in [5, 5.41) is -0.354. The van der Waals surface area contributed by atoms with E-state index in [1.807, 2.05) is 6.07 Å². The van der Waals surface area contributed by atoms with Gasteiger partial charge in [-0.15, -0.1) is 0 Å². The maximum atomic E-state index is 11.9. The molecule has 3 atom stereocenters. The Hall–Kier alpha value is -1.25. The lowest BCUT2D eigenvalue weighted by atomic mass is 9.89. The second kappa shape index (κ2) is 5.86. The fourth-order valence-electron chi connectivity index (χ4n) is 3.32. The number of piperidine rings is 1. The smallest absolute Gasteiger partial charge is 0.153 e. The van der Waals surface area contributed by atoms with E-state index in [-0.39, 0.29) is 11.3 Å². The molecular weight excluding hydrogens is 290 g/mol. The Morgan fingerprint density at radius 3 is 3.00 bits per heavy atom. The quantitative estimate of drug-likeness (QED) is 0.784. The Labute approximate surface area is 125 Å². The highest BCUT2D eigenvalue weighted by molar-refractivity contribution is 7.91. The molecule has 3 unspecified atom stereocenters. The lowest BCUT2D eigenvalue weighted by Gasteiger charge is -2.37. The minimum atomic E-state index is -3.05. The molecule has 3 heterocycles. The molecule has 0 bridgehead atoms. The number of nitrogens with zero attached hydrogens (tertiary/aromatic N) is 3. The van der Waals surface area contributed by atoms with Crippen molar-refractivity contribution >= 4 is 15.7 Å². The van der Waals surface area contributed by atoms with Gasteiger partial charge in [0.25, 0.3) is 0 Å². The van der Waals surface area contributed by atoms with Crippen molar-refractivity contribution in [2.45, 2.75) is 24.1 Å². The van der Waals surface area contributed by atoms with Crippen LogP contribution in [-0.2, 0) is 9.84 Å². The molecule has 21 heavy (non-hydrogen) atoms. The molecule has 0 aliphatic carbocycles. The van der Waals surface area contributed by atoms with E-state index in [0.29, 0.717) is 12.5 Å². The molecular formula is C13H21N5O2S. The monoisotopic (exact) mass is 311 g/mol. The zero-order valence-electron chi connectivity index (χ0n) is 12.1. The zero-order chi connectivity index (χ0) is 14.9. The van der Waals surface area contributed by atoms with E-state index in [1.54, 1.807) is 12.5 Å². The molecule has 2 fully saturated rings. The number of sulfone groups is 1. The molecule has 116 valence electrons. The van der Waals surface area contributed by atoms with Crippen molar-refractivity contribution in [3.05, 3.63) is 18.6 Å². The van der Waals surface area contributed by atoms with E-state index < -0.39 is 9.84 Å². The van der Waals surface area contributed by atoms with Gasteiger partial charge in [0.05, 0.1) is 5.25 Å². The van der Waals surface area contributed by atoms with Gasteiger partial charge in [0.2, 0.25) is 0 Å². The Kier molecular flexibility index (Phi) is 4.10. The molecule has 1 aromatic rings. The highest BCUT2D eigenvalue weighted by Gasteiger charge is 2.41. The van der Waals surface area contributed by atoms with Crippen LogP contribution in [0.15, 0.2) is 18.6 Å². The SMILES string of the molecule is CS(=O)(=O)C1CNNC1C1CCCN(c2ccncn2)C1. The normalized spacial score (nSPS) is 30.5. The van der Waals surface area contributed by atoms with Crippen LogP contribution in [0.3, 0.4) is 0 Å². The zero-order valence-corrected chi connectivity index (χ0v) is 12.9. The predicted octanol–water partition coefficient (Wildman–Crippen LogP) is -0.417. The average Bonchev–Trinajstić information content (AvgIpc) is 2.98. The van der Waals surface area contributed by atoms with Crippen LogP contribution in [0.25, 0.3) is 0 Å². The molecule has 0 amide bonds. The van der Waals surface area contributed by atoms with Crippen LogP contribution in [0, 0.1) is 5.92 Å². The van der Waals surface area contributed by atoms with Crippen molar-refractivity contribution in [2.75, 3.05) is 30.8 Å². The van der Waals surface area contributed by atoms with Gasteiger partial charge in [-0.25, -0.2) is 18.4 Å². The third-order valence-corrected chi connectivity index (χ3v) is 5.94. The Morgan fingerprint density at radius 2 is 2.29 bits per heavy atom. The first kappa shape index (κ1) is 14.7. The van der Waals surface area contributed by atoms with Gasteiger partial charge < -0.3 is 4.90 Å². The van der Waals surface area contributed by atoms with Gasteiger partial charge in [0, 0.05) is 38.1 Å². The van der Waals surface area contributed by atoms with Crippen molar-refractivity contribution in [1.29, 1.82) is 0 Å². The van der Waals surface area contributed by atoms with Gasteiger partial charge in [0.15, 0.2) is 9.84 Å². The summed E-state index contributed by atoms with van der Waals surface area (Å²) >= 11 is 0. The maximum absolute atomic E-state index is 11.9. The van der Waals surface area contributed by atoms with Crippen molar-refractivity contribution in [3.63, 3.8) is 0 Å². The number of anilines is 1. The Morgan fingerprint density at radius 1 is 1.43 bits per heavy atom. The number of nitrogens with one attached hydrogen (secondary N) is 2. The molecule has 2 aliphatic rings. The van der Waals surface area contributed by atoms with Crippen LogP contribution in [-0.4, -0.2) is 55.6 Å². The summed E-state index contributed by atoms with van der Waals surface area (Å²) in [5.74, 6) is 1.21. The van der Waals surface area contributed by atoms with Crippen LogP contribution in [0.2, 0.25) is 0 Å². The Balaban J connectivity index is 1.74. The molecule has 0 spiro atoms. The fourth-order valence-corrected chi connectivity index (χ4v) is 4.53. The van der Waals surface area contributed by atoms with Crippen molar-refractivity contribution < 1.29 is 8.42 Å². The highest BCUT2D eigenvalue weighted by Crippen LogP contribution is 2.27. The van der Waals surface area contributed by atoms with E-state index in [1.165, 1.54) is 6.26 Å². The Bertz CT molecular complexity index is 579. The molecule has 2 saturated heterocycles. The second-order valence-corrected chi connectivity index (χ2v) is 8.10. The van der Waals surface area contributed by atoms with Crippen LogP contribution in [0.4, 0.5) is 5.82 Å². The standard InChI is InChI=1S/C13H21N5O2S/c1-21(19,20)11-7-16-17-13(11)10-3-2-6-18(8-10)12-4-5-14-9-15-12/h4-5,9-11,13,16-17H,2-3,6-8H2,1H3. The van der Waals surface area contributed by atoms with Crippen LogP contribution in [0.5, 0.6) is 0 Å². The van der Waals surface area contributed by atoms with Gasteiger partial charge in [-0.2, -0.15) is 0 Å². The average molecular weight is 311 g/mol. The summed E-state index contributed by atoms with van der Waals surface area (Å²) in [4.78, 5) is 10.5. The van der Waals surface area contributed by atoms with Gasteiger partial charge in [0.1, 0.15) is 12.1 Å². The van der Waals surface area contributed by atoms with Crippen LogP contribution >= 0.6 is 0 Å². The van der Waals surface area contributed by atoms with E-state index in [2.05, 4.69) is 25.7 Å². The molecule has 1 aromatic heterocycles. The van der Waals surface area contributed by atoms with E-state index >= 15 is 0 Å². The molecule has 7 nitrogen and oxygen atoms in total. The highest BCUT2D eigenvalue weighted by atomic mass is 32.2. The van der Waals surface area contributed by atoms with E-state index in [4.69, 9.17) is 0 Å². The summed E-state index contributed by atoms with van der Waals surface area (Å²) in [7, 11) is -3.05. The molecule has 0 aromatic carbocycles. The third kappa shape index (κ3) is 3.17. The van der Waals surface area contributed by atoms with E-state index in [9.17, 15) is 8.42 Å². The molecule has 0 saturated carbocycles. The number of hydrogen-bond acceptors (Lipinski definition) is 7. The minimum absolute atomic E-state index is 0.0374. The number of hydrazine groups is 1. The molecule has 2 N–H and O–H groups in total. The number of rotatable bonds is 3. The lowest BCUT2D eigenvalue weighted by molar-refractivity contribution is 0.319. The molecule has 2 aliphatic heterocycles. The van der Waals surface area contributed by atoms with E-state index in [0.717, 1.165) is 31.7 Å². The van der Waals surface area contributed by atoms with Gasteiger partial charge in [-0.05, 0) is 24.8 Å². The van der Waals surface area contributed by atoms with Crippen molar-refractivity contribution in [2.24, 2.45) is 5.92 Å². The summed E-state index contributed by atoms with van der Waals surface area (Å²) in [5.41, 5.74) is 6.17. The number of hydrogen-bond donors (Lipinski definition) is 2. The topological polar surface area (TPSA) is 87.2 Å². The van der Waals surface area contributed by atoms with Crippen molar-refractivity contribution in [3.8, 4) is 0 Å². The van der Waals surface area contributed by atoms with Gasteiger partial charge in [-0.1, -0.05) is 0 Å². The van der Waals surface area contributed by atoms with Gasteiger partial charge >= 0.3 is 0 Å². The third-order valence-electron chi connectivity index (χ3n) is 4.38. The summed E-state index contributed by atoms with van der Waals surface area (Å²) in [6, 6.07) is 1.86. The lowest BCUT2D eigenvalue weighted by Crippen LogP contribution is -2.50. The second-order valence-electron chi connectivity index (χ2n) is 5.83. The van der Waals surface area contributed by atoms with Gasteiger partial charge in [-0.3, -0.25) is 10.9 Å². The van der Waals surface area contributed by atoms with Crippen LogP contribution in [0.1, 0.15) is 12.8 Å². The first-order valence-electron chi connectivity index (χ1n) is 7.24. The van der Waals surface area contributed by atoms with Crippen molar-refractivity contribution in [1.82, 2.24) is 20.8 Å². The predicted molar refractivity (Wildman–Crippen MR) is 80.5 cm³/mol. The summed E-state index contributed by atoms with van der Waals surface area (Å²) in [6.45, 7) is 2.26. The molecule has 3 rings (SSSR count). The first-order valence-corrected chi connectivity index (χ1v) is 9.19. The largest absolute Gasteiger partial charge is 0.356 e. The summed E-state index contributed by atoms with van der Waals surface area (Å²) in [6.07, 6.45) is 6.69. The van der Waals surface area contributed by atoms with Crippen LogP contribution < -0.4 is 15.8 Å². The maximum Gasteiger partial charge on any atom is 0.153 e. The molecule has 8 heteroatoms. The first-order chi connectivity index (χ1) is 10.1. The molecule has 0 radical (unpaired) electrons. The fraction of sp³-hybridized carbons (Fsp3) is 0.692. The number of aromatic nitrogens is 2. The summed E-state index contributed by atoms with van der Waals surface area (Å²) < 4.78 is 23.8. The minimum Gasteiger partial charge on any atom is -0.356 e.